The molecule has 8 nitrogen and oxygen atoms in total. The first-order chi connectivity index (χ1) is 24.0. The number of aryl methyl sites for hydroxylation is 2. The molecule has 0 atom stereocenters. The number of esters is 1. The maximum absolute atomic E-state index is 13.8. The van der Waals surface area contributed by atoms with E-state index in [4.69, 9.17) is 14.2 Å². The van der Waals surface area contributed by atoms with Gasteiger partial charge in [0.2, 0.25) is 0 Å². The fourth-order valence-corrected chi connectivity index (χ4v) is 7.15. The van der Waals surface area contributed by atoms with Crippen LogP contribution in [0.1, 0.15) is 96.2 Å². The van der Waals surface area contributed by atoms with E-state index in [1.165, 1.54) is 13.5 Å². The van der Waals surface area contributed by atoms with Crippen LogP contribution in [0, 0.1) is 24.7 Å². The van der Waals surface area contributed by atoms with Crippen LogP contribution < -0.4 is 20.1 Å². The van der Waals surface area contributed by atoms with Crippen molar-refractivity contribution in [2.45, 2.75) is 85.4 Å². The van der Waals surface area contributed by atoms with E-state index in [1.807, 2.05) is 57.2 Å². The molecule has 4 aromatic rings. The van der Waals surface area contributed by atoms with Gasteiger partial charge in [0, 0.05) is 6.54 Å². The second-order valence-corrected chi connectivity index (χ2v) is 14.7. The number of rotatable bonds is 11. The molecule has 0 unspecified atom stereocenters. The van der Waals surface area contributed by atoms with Crippen molar-refractivity contribution in [3.63, 3.8) is 0 Å². The summed E-state index contributed by atoms with van der Waals surface area (Å²) in [6, 6.07) is 23.1. The molecule has 8 heteroatoms. The first-order valence-electron chi connectivity index (χ1n) is 17.7. The zero-order chi connectivity index (χ0) is 35.5. The SMILES string of the molecule is COc1cc(C)c(O[C@H]2CC[C@@](C)(C(=O)OCc3cccc4ccccc34)CC2)cc1C(=O)Nc1c(C)cccc1C(=O)NCC1(C)CCC1. The van der Waals surface area contributed by atoms with Gasteiger partial charge in [0.1, 0.15) is 18.1 Å². The molecule has 0 bridgehead atoms. The second-order valence-electron chi connectivity index (χ2n) is 14.7. The van der Waals surface area contributed by atoms with Crippen LogP contribution in [-0.4, -0.2) is 37.5 Å². The molecule has 50 heavy (non-hydrogen) atoms. The average molecular weight is 677 g/mol. The van der Waals surface area contributed by atoms with Gasteiger partial charge in [0.15, 0.2) is 0 Å². The van der Waals surface area contributed by atoms with Gasteiger partial charge in [0.25, 0.3) is 11.8 Å². The molecule has 262 valence electrons. The molecule has 0 radical (unpaired) electrons. The quantitative estimate of drug-likeness (QED) is 0.154. The standard InChI is InChI=1S/C42H48N2O6/c1-27-11-8-16-33(38(45)43-26-41(3)19-10-20-41)37(27)44-39(46)34-24-35(28(2)23-36(34)48-5)50-31-17-21-42(4,22-18-31)40(47)49-25-30-14-9-13-29-12-6-7-15-32(29)30/h6-9,11-16,23-24,31H,10,17-22,25-26H2,1-5H3,(H,43,45)(H,44,46)/t31-,42+. The molecule has 0 aliphatic heterocycles. The Labute approximate surface area is 294 Å². The predicted octanol–water partition coefficient (Wildman–Crippen LogP) is 8.71. The highest BCUT2D eigenvalue weighted by atomic mass is 16.5. The van der Waals surface area contributed by atoms with E-state index in [0.29, 0.717) is 60.5 Å². The van der Waals surface area contributed by atoms with Gasteiger partial charge < -0.3 is 24.8 Å². The van der Waals surface area contributed by atoms with Crippen molar-refractivity contribution in [1.82, 2.24) is 5.32 Å². The van der Waals surface area contributed by atoms with Gasteiger partial charge in [-0.15, -0.1) is 0 Å². The van der Waals surface area contributed by atoms with Gasteiger partial charge in [-0.05, 0) is 110 Å². The molecule has 2 amide bonds. The minimum atomic E-state index is -0.600. The third kappa shape index (κ3) is 7.49. The number of ether oxygens (including phenoxy) is 3. The normalized spacial score (nSPS) is 19.6. The lowest BCUT2D eigenvalue weighted by atomic mass is 9.70. The van der Waals surface area contributed by atoms with Crippen molar-refractivity contribution in [2.75, 3.05) is 19.0 Å². The van der Waals surface area contributed by atoms with E-state index in [0.717, 1.165) is 40.3 Å². The number of carbonyl (C=O) groups is 3. The topological polar surface area (TPSA) is 103 Å². The van der Waals surface area contributed by atoms with E-state index in [-0.39, 0.29) is 30.0 Å². The zero-order valence-corrected chi connectivity index (χ0v) is 29.8. The number of nitrogens with one attached hydrogen (secondary N) is 2. The lowest BCUT2D eigenvalue weighted by Crippen LogP contribution is -2.40. The molecule has 2 fully saturated rings. The fraction of sp³-hybridized carbons (Fsp3) is 0.405. The highest BCUT2D eigenvalue weighted by Gasteiger charge is 2.40. The van der Waals surface area contributed by atoms with Crippen LogP contribution in [0.2, 0.25) is 0 Å². The smallest absolute Gasteiger partial charge is 0.312 e. The lowest BCUT2D eigenvalue weighted by Gasteiger charge is -2.38. The Balaban J connectivity index is 1.10. The predicted molar refractivity (Wildman–Crippen MR) is 196 cm³/mol. The Morgan fingerprint density at radius 3 is 2.24 bits per heavy atom. The van der Waals surface area contributed by atoms with Crippen LogP contribution in [-0.2, 0) is 16.1 Å². The van der Waals surface area contributed by atoms with Gasteiger partial charge >= 0.3 is 5.97 Å². The van der Waals surface area contributed by atoms with Crippen LogP contribution in [0.4, 0.5) is 5.69 Å². The summed E-state index contributed by atoms with van der Waals surface area (Å²) >= 11 is 0. The molecule has 0 spiro atoms. The van der Waals surface area contributed by atoms with Crippen molar-refractivity contribution < 1.29 is 28.6 Å². The molecule has 0 heterocycles. The van der Waals surface area contributed by atoms with E-state index < -0.39 is 11.3 Å². The number of para-hydroxylation sites is 1. The maximum Gasteiger partial charge on any atom is 0.312 e. The Morgan fingerprint density at radius 2 is 1.52 bits per heavy atom. The highest BCUT2D eigenvalue weighted by molar-refractivity contribution is 6.11. The Kier molecular flexibility index (Phi) is 10.2. The Morgan fingerprint density at radius 1 is 0.800 bits per heavy atom. The summed E-state index contributed by atoms with van der Waals surface area (Å²) in [4.78, 5) is 40.4. The van der Waals surface area contributed by atoms with Crippen LogP contribution >= 0.6 is 0 Å². The first-order valence-corrected chi connectivity index (χ1v) is 17.7. The number of anilines is 1. The van der Waals surface area contributed by atoms with Crippen molar-refractivity contribution in [3.8, 4) is 11.5 Å². The summed E-state index contributed by atoms with van der Waals surface area (Å²) in [6.07, 6.45) is 5.87. The minimum Gasteiger partial charge on any atom is -0.496 e. The Hall–Kier alpha value is -4.85. The van der Waals surface area contributed by atoms with Crippen LogP contribution in [0.25, 0.3) is 10.8 Å². The second kappa shape index (κ2) is 14.6. The van der Waals surface area contributed by atoms with Crippen molar-refractivity contribution >= 4 is 34.2 Å². The van der Waals surface area contributed by atoms with Gasteiger partial charge in [-0.1, -0.05) is 67.9 Å². The lowest BCUT2D eigenvalue weighted by molar-refractivity contribution is -0.159. The zero-order valence-electron chi connectivity index (χ0n) is 29.8. The van der Waals surface area contributed by atoms with Crippen molar-refractivity contribution in [2.24, 2.45) is 10.8 Å². The van der Waals surface area contributed by atoms with Crippen molar-refractivity contribution in [3.05, 3.63) is 101 Å². The van der Waals surface area contributed by atoms with E-state index in [1.54, 1.807) is 18.2 Å². The molecular formula is C42H48N2O6. The molecule has 4 aromatic carbocycles. The van der Waals surface area contributed by atoms with E-state index >= 15 is 0 Å². The van der Waals surface area contributed by atoms with Gasteiger partial charge in [-0.2, -0.15) is 0 Å². The number of hydrogen-bond acceptors (Lipinski definition) is 6. The molecule has 6 rings (SSSR count). The molecule has 0 saturated heterocycles. The monoisotopic (exact) mass is 676 g/mol. The van der Waals surface area contributed by atoms with Crippen molar-refractivity contribution in [1.29, 1.82) is 0 Å². The van der Waals surface area contributed by atoms with Gasteiger partial charge in [-0.3, -0.25) is 14.4 Å². The average Bonchev–Trinajstić information content (AvgIpc) is 3.11. The third-order valence-corrected chi connectivity index (χ3v) is 10.8. The van der Waals surface area contributed by atoms with Crippen LogP contribution in [0.3, 0.4) is 0 Å². The number of carbonyl (C=O) groups excluding carboxylic acids is 3. The summed E-state index contributed by atoms with van der Waals surface area (Å²) < 4.78 is 18.0. The molecular weight excluding hydrogens is 628 g/mol. The first kappa shape index (κ1) is 35.0. The minimum absolute atomic E-state index is 0.124. The number of benzene rings is 4. The highest BCUT2D eigenvalue weighted by Crippen LogP contribution is 2.41. The summed E-state index contributed by atoms with van der Waals surface area (Å²) in [7, 11) is 1.53. The van der Waals surface area contributed by atoms with Gasteiger partial charge in [0.05, 0.1) is 35.4 Å². The van der Waals surface area contributed by atoms with Gasteiger partial charge in [-0.25, -0.2) is 0 Å². The number of fused-ring (bicyclic) bond motifs is 1. The molecule has 2 saturated carbocycles. The maximum atomic E-state index is 13.8. The third-order valence-electron chi connectivity index (χ3n) is 10.8. The number of amides is 2. The molecule has 0 aromatic heterocycles. The molecule has 2 aliphatic rings. The number of hydrogen-bond donors (Lipinski definition) is 2. The summed E-state index contributed by atoms with van der Waals surface area (Å²) in [5, 5.41) is 8.28. The fourth-order valence-electron chi connectivity index (χ4n) is 7.15. The van der Waals surface area contributed by atoms with E-state index in [9.17, 15) is 14.4 Å². The summed E-state index contributed by atoms with van der Waals surface area (Å²) in [5.74, 6) is 0.199. The molecule has 2 aliphatic carbocycles. The van der Waals surface area contributed by atoms with Crippen LogP contribution in [0.15, 0.2) is 72.8 Å². The number of methoxy groups -OCH3 is 1. The Bertz CT molecular complexity index is 1900. The summed E-state index contributed by atoms with van der Waals surface area (Å²) in [6.45, 7) is 8.79. The summed E-state index contributed by atoms with van der Waals surface area (Å²) in [5.41, 5.74) is 3.34. The van der Waals surface area contributed by atoms with E-state index in [2.05, 4.69) is 35.8 Å². The molecule has 2 N–H and O–H groups in total. The van der Waals surface area contributed by atoms with Crippen LogP contribution in [0.5, 0.6) is 11.5 Å². The largest absolute Gasteiger partial charge is 0.496 e.